The zero-order valence-electron chi connectivity index (χ0n) is 20.7. The highest BCUT2D eigenvalue weighted by atomic mass is 35.5. The maximum absolute atomic E-state index is 13.4. The number of imide groups is 1. The van der Waals surface area contributed by atoms with Gasteiger partial charge in [0.2, 0.25) is 15.9 Å². The molecule has 4 rings (SSSR count). The van der Waals surface area contributed by atoms with E-state index < -0.39 is 45.8 Å². The van der Waals surface area contributed by atoms with E-state index >= 15 is 0 Å². The Bertz CT molecular complexity index is 1340. The summed E-state index contributed by atoms with van der Waals surface area (Å²) in [5.41, 5.74) is 0.417. The lowest BCUT2D eigenvalue weighted by molar-refractivity contribution is -0.139. The zero-order valence-corrected chi connectivity index (χ0v) is 22.3. The van der Waals surface area contributed by atoms with Crippen LogP contribution in [-0.4, -0.2) is 73.1 Å². The molecule has 37 heavy (non-hydrogen) atoms. The van der Waals surface area contributed by atoms with Gasteiger partial charge >= 0.3 is 6.03 Å². The summed E-state index contributed by atoms with van der Waals surface area (Å²) >= 11 is 5.73. The number of carbonyl (C=O) groups is 3. The Morgan fingerprint density at radius 3 is 2.27 bits per heavy atom. The van der Waals surface area contributed by atoms with Crippen LogP contribution in [0.4, 0.5) is 9.18 Å². The number of sulfonamides is 1. The molecule has 9 nitrogen and oxygen atoms in total. The molecule has 2 saturated heterocycles. The van der Waals surface area contributed by atoms with Crippen LogP contribution in [-0.2, 0) is 25.2 Å². The molecule has 2 heterocycles. The highest BCUT2D eigenvalue weighted by Crippen LogP contribution is 2.30. The molecule has 198 valence electrons. The number of nitrogens with zero attached hydrogens (tertiary/aromatic N) is 3. The summed E-state index contributed by atoms with van der Waals surface area (Å²) in [5, 5.41) is 2.40. The topological polar surface area (TPSA) is 107 Å². The van der Waals surface area contributed by atoms with Crippen molar-refractivity contribution in [1.29, 1.82) is 0 Å². The molecule has 0 saturated carbocycles. The summed E-state index contributed by atoms with van der Waals surface area (Å²) in [7, 11) is -3.93. The number of rotatable bonds is 6. The third kappa shape index (κ3) is 5.07. The molecule has 1 N–H and O–H groups in total. The maximum atomic E-state index is 13.4. The van der Waals surface area contributed by atoms with Gasteiger partial charge in [0, 0.05) is 26.2 Å². The van der Waals surface area contributed by atoms with Crippen molar-refractivity contribution in [3.8, 4) is 0 Å². The molecule has 2 aliphatic rings. The minimum absolute atomic E-state index is 0.00310. The van der Waals surface area contributed by atoms with Crippen molar-refractivity contribution in [2.45, 2.75) is 37.1 Å². The van der Waals surface area contributed by atoms with E-state index in [4.69, 9.17) is 11.6 Å². The summed E-state index contributed by atoms with van der Waals surface area (Å²) < 4.78 is 40.4. The Morgan fingerprint density at radius 2 is 1.70 bits per heavy atom. The fourth-order valence-electron chi connectivity index (χ4n) is 4.44. The number of halogens is 2. The first-order valence-corrected chi connectivity index (χ1v) is 13.6. The van der Waals surface area contributed by atoms with Crippen LogP contribution < -0.4 is 5.32 Å². The number of nitrogens with one attached hydrogen (secondary N) is 1. The highest BCUT2D eigenvalue weighted by molar-refractivity contribution is 7.89. The highest BCUT2D eigenvalue weighted by Gasteiger charge is 2.49. The summed E-state index contributed by atoms with van der Waals surface area (Å²) in [5.74, 6) is -1.41. The van der Waals surface area contributed by atoms with E-state index in [1.807, 2.05) is 12.1 Å². The van der Waals surface area contributed by atoms with Crippen LogP contribution in [0, 0.1) is 5.82 Å². The standard InChI is InChI=1S/C25H28ClFN4O5S/c1-16(2)17-4-6-18(7-5-17)25(3)23(33)31(24(34)28-25)15-22(32)29-10-12-30(13-11-29)37(35,36)19-8-9-21(27)20(26)14-19/h4-9,14,16H,10-13,15H2,1-3H3,(H,28,34)/t25-/m0/s1. The number of urea groups is 1. The van der Waals surface area contributed by atoms with E-state index in [2.05, 4.69) is 19.2 Å². The SMILES string of the molecule is CC(C)c1ccc([C@]2(C)NC(=O)N(CC(=O)N3CCN(S(=O)(=O)c4ccc(F)c(Cl)c4)CC3)C2=O)cc1. The maximum Gasteiger partial charge on any atom is 0.325 e. The first-order valence-electron chi connectivity index (χ1n) is 11.8. The van der Waals surface area contributed by atoms with Gasteiger partial charge in [-0.3, -0.25) is 14.5 Å². The molecule has 4 amide bonds. The van der Waals surface area contributed by atoms with Gasteiger partial charge < -0.3 is 10.2 Å². The average molecular weight is 551 g/mol. The molecule has 2 aromatic rings. The van der Waals surface area contributed by atoms with Crippen molar-refractivity contribution >= 4 is 39.5 Å². The third-order valence-electron chi connectivity index (χ3n) is 6.84. The molecule has 0 bridgehead atoms. The van der Waals surface area contributed by atoms with E-state index in [9.17, 15) is 27.2 Å². The Balaban J connectivity index is 1.40. The predicted molar refractivity (Wildman–Crippen MR) is 135 cm³/mol. The number of hydrogen-bond donors (Lipinski definition) is 1. The fraction of sp³-hybridized carbons (Fsp3) is 0.400. The average Bonchev–Trinajstić information content (AvgIpc) is 3.09. The van der Waals surface area contributed by atoms with Crippen molar-refractivity contribution in [3.63, 3.8) is 0 Å². The van der Waals surface area contributed by atoms with Gasteiger partial charge in [-0.15, -0.1) is 0 Å². The van der Waals surface area contributed by atoms with Crippen molar-refractivity contribution in [3.05, 3.63) is 64.4 Å². The van der Waals surface area contributed by atoms with Crippen molar-refractivity contribution in [2.24, 2.45) is 0 Å². The Morgan fingerprint density at radius 1 is 1.08 bits per heavy atom. The molecule has 1 atom stereocenters. The van der Waals surface area contributed by atoms with Gasteiger partial charge in [0.05, 0.1) is 9.92 Å². The van der Waals surface area contributed by atoms with Gasteiger partial charge in [0.25, 0.3) is 5.91 Å². The van der Waals surface area contributed by atoms with Crippen molar-refractivity contribution < 1.29 is 27.2 Å². The second-order valence-electron chi connectivity index (χ2n) is 9.58. The minimum Gasteiger partial charge on any atom is -0.338 e. The molecular weight excluding hydrogens is 523 g/mol. The second kappa shape index (κ2) is 10.0. The lowest BCUT2D eigenvalue weighted by atomic mass is 9.90. The van der Waals surface area contributed by atoms with Gasteiger partial charge in [0.15, 0.2) is 0 Å². The molecule has 0 aliphatic carbocycles. The number of carbonyl (C=O) groups excluding carboxylic acids is 3. The number of amides is 4. The molecule has 0 aromatic heterocycles. The van der Waals surface area contributed by atoms with E-state index in [1.54, 1.807) is 19.1 Å². The first-order chi connectivity index (χ1) is 17.3. The molecule has 0 radical (unpaired) electrons. The second-order valence-corrected chi connectivity index (χ2v) is 11.9. The van der Waals surface area contributed by atoms with Crippen LogP contribution in [0.3, 0.4) is 0 Å². The lowest BCUT2D eigenvalue weighted by Crippen LogP contribution is -2.53. The van der Waals surface area contributed by atoms with E-state index in [1.165, 1.54) is 9.21 Å². The molecule has 0 spiro atoms. The molecule has 2 fully saturated rings. The van der Waals surface area contributed by atoms with Crippen LogP contribution in [0.2, 0.25) is 5.02 Å². The predicted octanol–water partition coefficient (Wildman–Crippen LogP) is 2.90. The van der Waals surface area contributed by atoms with Crippen LogP contribution in [0.5, 0.6) is 0 Å². The molecule has 2 aromatic carbocycles. The van der Waals surface area contributed by atoms with Gasteiger partial charge in [-0.1, -0.05) is 49.7 Å². The summed E-state index contributed by atoms with van der Waals surface area (Å²) in [4.78, 5) is 41.0. The third-order valence-corrected chi connectivity index (χ3v) is 9.03. The van der Waals surface area contributed by atoms with E-state index in [-0.39, 0.29) is 36.1 Å². The van der Waals surface area contributed by atoms with Gasteiger partial charge in [0.1, 0.15) is 17.9 Å². The Labute approximate surface area is 220 Å². The molecular formula is C25H28ClFN4O5S. The van der Waals surface area contributed by atoms with Crippen LogP contribution in [0.1, 0.15) is 37.8 Å². The molecule has 12 heteroatoms. The van der Waals surface area contributed by atoms with Crippen LogP contribution in [0.25, 0.3) is 0 Å². The summed E-state index contributed by atoms with van der Waals surface area (Å²) in [6.07, 6.45) is 0. The molecule has 2 aliphatic heterocycles. The van der Waals surface area contributed by atoms with Crippen LogP contribution >= 0.6 is 11.6 Å². The number of piperazine rings is 1. The quantitative estimate of drug-likeness (QED) is 0.557. The minimum atomic E-state index is -3.93. The smallest absolute Gasteiger partial charge is 0.325 e. The largest absolute Gasteiger partial charge is 0.338 e. The zero-order chi connectivity index (χ0) is 27.1. The lowest BCUT2D eigenvalue weighted by Gasteiger charge is -2.34. The van der Waals surface area contributed by atoms with Crippen molar-refractivity contribution in [1.82, 2.24) is 19.4 Å². The Hall–Kier alpha value is -3.02. The van der Waals surface area contributed by atoms with Crippen LogP contribution in [0.15, 0.2) is 47.4 Å². The van der Waals surface area contributed by atoms with Crippen molar-refractivity contribution in [2.75, 3.05) is 32.7 Å². The summed E-state index contributed by atoms with van der Waals surface area (Å²) in [6.45, 7) is 5.42. The van der Waals surface area contributed by atoms with E-state index in [0.29, 0.717) is 11.5 Å². The normalized spacial score (nSPS) is 21.0. The van der Waals surface area contributed by atoms with Gasteiger partial charge in [-0.25, -0.2) is 17.6 Å². The van der Waals surface area contributed by atoms with E-state index in [0.717, 1.165) is 28.7 Å². The summed E-state index contributed by atoms with van der Waals surface area (Å²) in [6, 6.07) is 9.92. The monoisotopic (exact) mass is 550 g/mol. The van der Waals surface area contributed by atoms with Gasteiger partial charge in [-0.05, 0) is 42.2 Å². The Kier molecular flexibility index (Phi) is 7.33. The fourth-order valence-corrected chi connectivity index (χ4v) is 6.13. The molecule has 0 unspecified atom stereocenters. The van der Waals surface area contributed by atoms with Gasteiger partial charge in [-0.2, -0.15) is 4.31 Å². The number of benzene rings is 2. The number of hydrogen-bond acceptors (Lipinski definition) is 5. The first kappa shape index (κ1) is 27.0.